The number of esters is 1. The fourth-order valence-electron chi connectivity index (χ4n) is 1.03. The van der Waals surface area contributed by atoms with E-state index in [1.807, 2.05) is 0 Å². The number of ether oxygens (including phenoxy) is 1. The normalized spacial score (nSPS) is 13.7. The highest BCUT2D eigenvalue weighted by atomic mass is 19.4. The number of hydrogen-bond donors (Lipinski definition) is 1. The minimum atomic E-state index is -4.19. The summed E-state index contributed by atoms with van der Waals surface area (Å²) in [6.07, 6.45) is -4.72. The van der Waals surface area contributed by atoms with E-state index in [1.165, 1.54) is 0 Å². The Labute approximate surface area is 87.0 Å². The second-order valence-electron chi connectivity index (χ2n) is 3.03. The maximum Gasteiger partial charge on any atom is 0.390 e. The number of carbonyl (C=O) groups is 1. The van der Waals surface area contributed by atoms with Gasteiger partial charge in [-0.15, -0.1) is 0 Å². The highest BCUT2D eigenvalue weighted by Crippen LogP contribution is 2.18. The van der Waals surface area contributed by atoms with Crippen LogP contribution in [0.1, 0.15) is 26.7 Å². The Morgan fingerprint density at radius 3 is 2.40 bits per heavy atom. The molecule has 0 aliphatic rings. The first-order valence-electron chi connectivity index (χ1n) is 4.87. The zero-order chi connectivity index (χ0) is 11.9. The van der Waals surface area contributed by atoms with Gasteiger partial charge in [-0.05, 0) is 13.3 Å². The van der Waals surface area contributed by atoms with Gasteiger partial charge in [-0.3, -0.25) is 4.79 Å². The molecule has 0 heterocycles. The lowest BCUT2D eigenvalue weighted by Gasteiger charge is -2.15. The standard InChI is InChI=1S/C9H16F3NO2/c1-3-7(8(14)15-4-2)13-6-5-9(10,11)12/h7,13H,3-6H2,1-2H3. The lowest BCUT2D eigenvalue weighted by molar-refractivity contribution is -0.147. The molecule has 0 spiro atoms. The van der Waals surface area contributed by atoms with E-state index in [0.717, 1.165) is 0 Å². The minimum absolute atomic E-state index is 0.232. The summed E-state index contributed by atoms with van der Waals surface area (Å²) in [6, 6.07) is -0.646. The van der Waals surface area contributed by atoms with Crippen LogP contribution in [-0.4, -0.2) is 31.3 Å². The molecule has 90 valence electrons. The maximum atomic E-state index is 11.8. The van der Waals surface area contributed by atoms with Crippen molar-refractivity contribution < 1.29 is 22.7 Å². The first-order valence-corrected chi connectivity index (χ1v) is 4.87. The van der Waals surface area contributed by atoms with Crippen LogP contribution in [0.15, 0.2) is 0 Å². The Bertz CT molecular complexity index is 194. The van der Waals surface area contributed by atoms with Gasteiger partial charge in [0.1, 0.15) is 6.04 Å². The summed E-state index contributed by atoms with van der Waals surface area (Å²) >= 11 is 0. The SMILES string of the molecule is CCOC(=O)C(CC)NCCC(F)(F)F. The second kappa shape index (κ2) is 6.66. The van der Waals surface area contributed by atoms with Gasteiger partial charge in [0.15, 0.2) is 0 Å². The smallest absolute Gasteiger partial charge is 0.390 e. The summed E-state index contributed by atoms with van der Waals surface area (Å²) in [6.45, 7) is 3.33. The summed E-state index contributed by atoms with van der Waals surface area (Å²) in [5.41, 5.74) is 0. The van der Waals surface area contributed by atoms with Gasteiger partial charge in [0.2, 0.25) is 0 Å². The van der Waals surface area contributed by atoms with Crippen molar-refractivity contribution in [1.29, 1.82) is 0 Å². The van der Waals surface area contributed by atoms with E-state index in [1.54, 1.807) is 13.8 Å². The van der Waals surface area contributed by atoms with Gasteiger partial charge >= 0.3 is 12.1 Å². The van der Waals surface area contributed by atoms with Crippen molar-refractivity contribution >= 4 is 5.97 Å². The summed E-state index contributed by atoms with van der Waals surface area (Å²) in [4.78, 5) is 11.2. The predicted octanol–water partition coefficient (Wildman–Crippen LogP) is 1.87. The molecular formula is C9H16F3NO2. The fourth-order valence-corrected chi connectivity index (χ4v) is 1.03. The lowest BCUT2D eigenvalue weighted by atomic mass is 10.2. The maximum absolute atomic E-state index is 11.8. The van der Waals surface area contributed by atoms with E-state index in [9.17, 15) is 18.0 Å². The van der Waals surface area contributed by atoms with E-state index in [-0.39, 0.29) is 13.2 Å². The van der Waals surface area contributed by atoms with Crippen molar-refractivity contribution in [1.82, 2.24) is 5.32 Å². The van der Waals surface area contributed by atoms with Gasteiger partial charge in [0, 0.05) is 6.54 Å². The van der Waals surface area contributed by atoms with Crippen molar-refractivity contribution in [3.8, 4) is 0 Å². The molecule has 0 bridgehead atoms. The minimum Gasteiger partial charge on any atom is -0.465 e. The van der Waals surface area contributed by atoms with E-state index < -0.39 is 24.6 Å². The number of hydrogen-bond acceptors (Lipinski definition) is 3. The van der Waals surface area contributed by atoms with E-state index in [2.05, 4.69) is 5.32 Å². The van der Waals surface area contributed by atoms with Crippen LogP contribution >= 0.6 is 0 Å². The highest BCUT2D eigenvalue weighted by molar-refractivity contribution is 5.75. The predicted molar refractivity (Wildman–Crippen MR) is 49.4 cm³/mol. The first-order chi connectivity index (χ1) is 6.90. The van der Waals surface area contributed by atoms with Gasteiger partial charge in [0.05, 0.1) is 13.0 Å². The fraction of sp³-hybridized carbons (Fsp3) is 0.889. The Hall–Kier alpha value is -0.780. The molecule has 15 heavy (non-hydrogen) atoms. The molecule has 0 radical (unpaired) electrons. The molecule has 0 aliphatic carbocycles. The van der Waals surface area contributed by atoms with Gasteiger partial charge in [-0.2, -0.15) is 13.2 Å². The number of alkyl halides is 3. The molecule has 0 aromatic heterocycles. The molecule has 1 N–H and O–H groups in total. The average molecular weight is 227 g/mol. The van der Waals surface area contributed by atoms with E-state index in [4.69, 9.17) is 4.74 Å². The van der Waals surface area contributed by atoms with Gasteiger partial charge in [-0.1, -0.05) is 6.92 Å². The molecule has 0 fully saturated rings. The third kappa shape index (κ3) is 7.18. The zero-order valence-corrected chi connectivity index (χ0v) is 8.86. The Morgan fingerprint density at radius 1 is 1.40 bits per heavy atom. The van der Waals surface area contributed by atoms with Gasteiger partial charge in [0.25, 0.3) is 0 Å². The van der Waals surface area contributed by atoms with Gasteiger partial charge < -0.3 is 10.1 Å². The number of carbonyl (C=O) groups excluding carboxylic acids is 1. The molecule has 0 saturated heterocycles. The Morgan fingerprint density at radius 2 is 2.00 bits per heavy atom. The van der Waals surface area contributed by atoms with Crippen LogP contribution in [0.4, 0.5) is 13.2 Å². The summed E-state index contributed by atoms with van der Waals surface area (Å²) < 4.78 is 40.1. The molecule has 0 saturated carbocycles. The molecule has 0 amide bonds. The summed E-state index contributed by atoms with van der Waals surface area (Å²) in [5, 5.41) is 2.52. The van der Waals surface area contributed by atoms with Crippen LogP contribution in [-0.2, 0) is 9.53 Å². The topological polar surface area (TPSA) is 38.3 Å². The Balaban J connectivity index is 3.85. The van der Waals surface area contributed by atoms with Crippen LogP contribution in [0.2, 0.25) is 0 Å². The van der Waals surface area contributed by atoms with E-state index >= 15 is 0 Å². The van der Waals surface area contributed by atoms with Crippen molar-refractivity contribution in [2.75, 3.05) is 13.2 Å². The highest BCUT2D eigenvalue weighted by Gasteiger charge is 2.27. The van der Waals surface area contributed by atoms with Crippen LogP contribution < -0.4 is 5.32 Å². The van der Waals surface area contributed by atoms with Crippen molar-refractivity contribution in [2.24, 2.45) is 0 Å². The second-order valence-corrected chi connectivity index (χ2v) is 3.03. The molecule has 1 atom stereocenters. The third-order valence-corrected chi connectivity index (χ3v) is 1.78. The molecule has 3 nitrogen and oxygen atoms in total. The summed E-state index contributed by atoms with van der Waals surface area (Å²) in [7, 11) is 0. The third-order valence-electron chi connectivity index (χ3n) is 1.78. The molecule has 0 aliphatic heterocycles. The van der Waals surface area contributed by atoms with Crippen LogP contribution in [0.3, 0.4) is 0 Å². The molecule has 0 rings (SSSR count). The van der Waals surface area contributed by atoms with Crippen LogP contribution in [0.5, 0.6) is 0 Å². The largest absolute Gasteiger partial charge is 0.465 e. The van der Waals surface area contributed by atoms with Crippen molar-refractivity contribution in [2.45, 2.75) is 38.9 Å². The summed E-state index contributed by atoms with van der Waals surface area (Å²) in [5.74, 6) is -0.498. The average Bonchev–Trinajstić information content (AvgIpc) is 2.11. The monoisotopic (exact) mass is 227 g/mol. The molecular weight excluding hydrogens is 211 g/mol. The molecule has 0 aromatic carbocycles. The lowest BCUT2D eigenvalue weighted by Crippen LogP contribution is -2.39. The molecule has 6 heteroatoms. The van der Waals surface area contributed by atoms with Crippen molar-refractivity contribution in [3.63, 3.8) is 0 Å². The van der Waals surface area contributed by atoms with Crippen LogP contribution in [0, 0.1) is 0 Å². The number of rotatable bonds is 6. The first kappa shape index (κ1) is 14.2. The molecule has 1 unspecified atom stereocenters. The zero-order valence-electron chi connectivity index (χ0n) is 8.86. The number of nitrogens with one attached hydrogen (secondary N) is 1. The quantitative estimate of drug-likeness (QED) is 0.704. The van der Waals surface area contributed by atoms with E-state index in [0.29, 0.717) is 6.42 Å². The van der Waals surface area contributed by atoms with Gasteiger partial charge in [-0.25, -0.2) is 0 Å². The number of halogens is 3. The van der Waals surface area contributed by atoms with Crippen molar-refractivity contribution in [3.05, 3.63) is 0 Å². The molecule has 0 aromatic rings. The Kier molecular flexibility index (Phi) is 6.31. The van der Waals surface area contributed by atoms with Crippen LogP contribution in [0.25, 0.3) is 0 Å².